The Morgan fingerprint density at radius 3 is 2.76 bits per heavy atom. The molecule has 0 unspecified atom stereocenters. The molecular formula is C21H29N11O. The zero-order valence-electron chi connectivity index (χ0n) is 18.9. The van der Waals surface area contributed by atoms with Gasteiger partial charge < -0.3 is 15.5 Å². The van der Waals surface area contributed by atoms with E-state index in [9.17, 15) is 4.79 Å². The lowest BCUT2D eigenvalue weighted by molar-refractivity contribution is -0.117. The van der Waals surface area contributed by atoms with Gasteiger partial charge in [-0.1, -0.05) is 5.21 Å². The maximum absolute atomic E-state index is 12.3. The van der Waals surface area contributed by atoms with Crippen molar-refractivity contribution in [1.29, 1.82) is 0 Å². The van der Waals surface area contributed by atoms with E-state index in [1.165, 1.54) is 18.5 Å². The van der Waals surface area contributed by atoms with E-state index in [0.29, 0.717) is 30.3 Å². The van der Waals surface area contributed by atoms with Gasteiger partial charge in [-0.2, -0.15) is 10.1 Å². The number of aromatic nitrogens is 7. The molecule has 2 fully saturated rings. The number of piperidine rings is 1. The van der Waals surface area contributed by atoms with Crippen LogP contribution < -0.4 is 15.5 Å². The van der Waals surface area contributed by atoms with Crippen LogP contribution in [0.1, 0.15) is 37.3 Å². The highest BCUT2D eigenvalue weighted by atomic mass is 16.2. The van der Waals surface area contributed by atoms with Crippen LogP contribution in [0.2, 0.25) is 0 Å². The Balaban J connectivity index is 1.12. The van der Waals surface area contributed by atoms with E-state index in [1.807, 2.05) is 13.1 Å². The molecule has 33 heavy (non-hydrogen) atoms. The van der Waals surface area contributed by atoms with E-state index in [-0.39, 0.29) is 5.91 Å². The molecule has 174 valence electrons. The number of rotatable bonds is 8. The van der Waals surface area contributed by atoms with Crippen LogP contribution in [0.3, 0.4) is 0 Å². The molecule has 12 heteroatoms. The lowest BCUT2D eigenvalue weighted by Crippen LogP contribution is -2.46. The van der Waals surface area contributed by atoms with Crippen molar-refractivity contribution in [3.63, 3.8) is 0 Å². The Morgan fingerprint density at radius 2 is 2.03 bits per heavy atom. The quantitative estimate of drug-likeness (QED) is 0.466. The fourth-order valence-electron chi connectivity index (χ4n) is 4.14. The zero-order valence-corrected chi connectivity index (χ0v) is 18.9. The molecule has 2 aliphatic rings. The molecule has 1 aliphatic heterocycles. The lowest BCUT2D eigenvalue weighted by atomic mass is 10.0. The number of hydrogen-bond donors (Lipinski definition) is 3. The summed E-state index contributed by atoms with van der Waals surface area (Å²) in [6, 6.07) is 4.21. The predicted octanol–water partition coefficient (Wildman–Crippen LogP) is 1.49. The molecule has 0 radical (unpaired) electrons. The van der Waals surface area contributed by atoms with Gasteiger partial charge in [0, 0.05) is 57.1 Å². The number of anilines is 4. The topological polar surface area (TPSA) is 133 Å². The molecule has 1 saturated heterocycles. The summed E-state index contributed by atoms with van der Waals surface area (Å²) in [6.07, 6.45) is 7.77. The number of aryl methyl sites for hydroxylation is 1. The standard InChI is InChI=1S/C21H29N11O/c1-30-12-19(28-29-30)24-20(33)13-32-9-6-15(7-10-32)31(2)21-22-8-5-17(25-21)23-18-11-16(26-27-18)14-3-4-14/h5,8,11-12,14-15H,3-4,6-7,9-10,13H2,1-2H3,(H,24,33)(H2,22,23,25,26,27). The summed E-state index contributed by atoms with van der Waals surface area (Å²) in [6.45, 7) is 2.01. The number of nitrogens with zero attached hydrogens (tertiary/aromatic N) is 8. The Kier molecular flexibility index (Phi) is 5.90. The maximum Gasteiger partial charge on any atom is 0.239 e. The Morgan fingerprint density at radius 1 is 1.21 bits per heavy atom. The van der Waals surface area contributed by atoms with E-state index in [4.69, 9.17) is 0 Å². The first-order valence-electron chi connectivity index (χ1n) is 11.3. The van der Waals surface area contributed by atoms with Crippen LogP contribution in [0, 0.1) is 0 Å². The molecule has 4 heterocycles. The van der Waals surface area contributed by atoms with Crippen molar-refractivity contribution in [2.45, 2.75) is 37.6 Å². The van der Waals surface area contributed by atoms with Crippen LogP contribution in [0.15, 0.2) is 24.5 Å². The summed E-state index contributed by atoms with van der Waals surface area (Å²) in [7, 11) is 3.79. The molecule has 0 bridgehead atoms. The summed E-state index contributed by atoms with van der Waals surface area (Å²) in [5.41, 5.74) is 1.18. The third-order valence-electron chi connectivity index (χ3n) is 6.17. The summed E-state index contributed by atoms with van der Waals surface area (Å²) in [5, 5.41) is 21.2. The Hall–Kier alpha value is -3.54. The van der Waals surface area contributed by atoms with Gasteiger partial charge in [-0.25, -0.2) is 4.98 Å². The lowest BCUT2D eigenvalue weighted by Gasteiger charge is -2.36. The van der Waals surface area contributed by atoms with Gasteiger partial charge >= 0.3 is 0 Å². The normalized spacial score (nSPS) is 17.2. The van der Waals surface area contributed by atoms with Gasteiger partial charge in [0.05, 0.1) is 12.7 Å². The van der Waals surface area contributed by atoms with Crippen LogP contribution in [0.4, 0.5) is 23.4 Å². The average Bonchev–Trinajstić information content (AvgIpc) is 3.43. The molecule has 12 nitrogen and oxygen atoms in total. The SMILES string of the molecule is CN(c1nccc(Nc2cc(C3CC3)[nH]n2)n1)C1CCN(CC(=O)Nc2cn(C)nn2)CC1. The second-order valence-electron chi connectivity index (χ2n) is 8.79. The van der Waals surface area contributed by atoms with Crippen molar-refractivity contribution in [3.8, 4) is 0 Å². The number of hydrogen-bond acceptors (Lipinski definition) is 9. The first kappa shape index (κ1) is 21.3. The molecule has 1 saturated carbocycles. The average molecular weight is 452 g/mol. The van der Waals surface area contributed by atoms with Gasteiger partial charge in [-0.3, -0.25) is 19.5 Å². The number of carbonyl (C=O) groups is 1. The highest BCUT2D eigenvalue weighted by Crippen LogP contribution is 2.39. The molecule has 1 aliphatic carbocycles. The number of likely N-dealkylation sites (tertiary alicyclic amines) is 1. The number of aromatic amines is 1. The minimum Gasteiger partial charge on any atom is -0.341 e. The van der Waals surface area contributed by atoms with E-state index in [1.54, 1.807) is 24.1 Å². The van der Waals surface area contributed by atoms with E-state index >= 15 is 0 Å². The number of carbonyl (C=O) groups excluding carboxylic acids is 1. The zero-order chi connectivity index (χ0) is 22.8. The molecular weight excluding hydrogens is 422 g/mol. The first-order valence-corrected chi connectivity index (χ1v) is 11.3. The van der Waals surface area contributed by atoms with Gasteiger partial charge in [-0.15, -0.1) is 5.10 Å². The highest BCUT2D eigenvalue weighted by Gasteiger charge is 2.26. The molecule has 3 aromatic heterocycles. The van der Waals surface area contributed by atoms with Gasteiger partial charge in [0.15, 0.2) is 11.6 Å². The van der Waals surface area contributed by atoms with Crippen molar-refractivity contribution in [1.82, 2.24) is 40.1 Å². The van der Waals surface area contributed by atoms with Crippen LogP contribution >= 0.6 is 0 Å². The summed E-state index contributed by atoms with van der Waals surface area (Å²) >= 11 is 0. The summed E-state index contributed by atoms with van der Waals surface area (Å²) in [4.78, 5) is 25.7. The Bertz CT molecular complexity index is 1100. The van der Waals surface area contributed by atoms with Crippen molar-refractivity contribution >= 4 is 29.3 Å². The molecule has 3 aromatic rings. The third kappa shape index (κ3) is 5.28. The number of H-pyrrole nitrogens is 1. The second-order valence-corrected chi connectivity index (χ2v) is 8.79. The first-order chi connectivity index (χ1) is 16.0. The molecule has 0 atom stereocenters. The monoisotopic (exact) mass is 451 g/mol. The van der Waals surface area contributed by atoms with Gasteiger partial charge in [-0.05, 0) is 31.7 Å². The van der Waals surface area contributed by atoms with Crippen LogP contribution in [-0.2, 0) is 11.8 Å². The summed E-state index contributed by atoms with van der Waals surface area (Å²) in [5.74, 6) is 3.20. The summed E-state index contributed by atoms with van der Waals surface area (Å²) < 4.78 is 1.56. The largest absolute Gasteiger partial charge is 0.341 e. The smallest absolute Gasteiger partial charge is 0.239 e. The minimum absolute atomic E-state index is 0.0763. The van der Waals surface area contributed by atoms with Gasteiger partial charge in [0.2, 0.25) is 11.9 Å². The fourth-order valence-corrected chi connectivity index (χ4v) is 4.14. The fraction of sp³-hybridized carbons (Fsp3) is 0.524. The van der Waals surface area contributed by atoms with E-state index in [0.717, 1.165) is 37.6 Å². The van der Waals surface area contributed by atoms with Gasteiger partial charge in [0.25, 0.3) is 0 Å². The molecule has 5 rings (SSSR count). The van der Waals surface area contributed by atoms with E-state index < -0.39 is 0 Å². The van der Waals surface area contributed by atoms with Crippen molar-refractivity contribution in [2.75, 3.05) is 42.2 Å². The molecule has 0 spiro atoms. The molecule has 1 amide bonds. The van der Waals surface area contributed by atoms with Crippen LogP contribution in [-0.4, -0.2) is 78.7 Å². The van der Waals surface area contributed by atoms with Gasteiger partial charge in [0.1, 0.15) is 5.82 Å². The van der Waals surface area contributed by atoms with Crippen molar-refractivity contribution < 1.29 is 4.79 Å². The van der Waals surface area contributed by atoms with Crippen molar-refractivity contribution in [3.05, 3.63) is 30.2 Å². The van der Waals surface area contributed by atoms with E-state index in [2.05, 4.69) is 57.0 Å². The van der Waals surface area contributed by atoms with Crippen LogP contribution in [0.5, 0.6) is 0 Å². The molecule has 0 aromatic carbocycles. The third-order valence-corrected chi connectivity index (χ3v) is 6.17. The van der Waals surface area contributed by atoms with Crippen LogP contribution in [0.25, 0.3) is 0 Å². The number of amides is 1. The molecule has 3 N–H and O–H groups in total. The highest BCUT2D eigenvalue weighted by molar-refractivity contribution is 5.91. The predicted molar refractivity (Wildman–Crippen MR) is 123 cm³/mol. The minimum atomic E-state index is -0.0763. The number of nitrogens with one attached hydrogen (secondary N) is 3. The Labute approximate surface area is 191 Å². The maximum atomic E-state index is 12.3. The van der Waals surface area contributed by atoms with Crippen molar-refractivity contribution in [2.24, 2.45) is 7.05 Å². The second kappa shape index (κ2) is 9.14.